The van der Waals surface area contributed by atoms with Crippen LogP contribution in [-0.4, -0.2) is 22.4 Å². The zero-order valence-electron chi connectivity index (χ0n) is 14.0. The van der Waals surface area contributed by atoms with E-state index in [1.807, 2.05) is 6.92 Å². The molecule has 138 valence electrons. The summed E-state index contributed by atoms with van der Waals surface area (Å²) in [5, 5.41) is 3.07. The van der Waals surface area contributed by atoms with Gasteiger partial charge in [0.05, 0.1) is 16.3 Å². The van der Waals surface area contributed by atoms with E-state index < -0.39 is 11.7 Å². The van der Waals surface area contributed by atoms with Crippen LogP contribution in [0.15, 0.2) is 47.6 Å². The molecule has 0 bridgehead atoms. The van der Waals surface area contributed by atoms with Crippen LogP contribution < -0.4 is 5.32 Å². The first-order chi connectivity index (χ1) is 12.3. The van der Waals surface area contributed by atoms with Crippen molar-refractivity contribution in [3.8, 4) is 0 Å². The van der Waals surface area contributed by atoms with Crippen LogP contribution in [0, 0.1) is 0 Å². The van der Waals surface area contributed by atoms with Gasteiger partial charge < -0.3 is 5.32 Å². The van der Waals surface area contributed by atoms with Gasteiger partial charge in [0.15, 0.2) is 5.78 Å². The van der Waals surface area contributed by atoms with E-state index in [-0.39, 0.29) is 17.4 Å². The van der Waals surface area contributed by atoms with Gasteiger partial charge in [-0.15, -0.1) is 0 Å². The lowest BCUT2D eigenvalue weighted by atomic mass is 10.1. The molecule has 26 heavy (non-hydrogen) atoms. The molecule has 0 saturated carbocycles. The molecule has 1 aromatic carbocycles. The Labute approximate surface area is 153 Å². The monoisotopic (exact) mass is 382 g/mol. The van der Waals surface area contributed by atoms with Crippen molar-refractivity contribution in [1.29, 1.82) is 0 Å². The molecule has 0 atom stereocenters. The molecule has 0 aliphatic heterocycles. The summed E-state index contributed by atoms with van der Waals surface area (Å²) in [7, 11) is 0. The lowest BCUT2D eigenvalue weighted by molar-refractivity contribution is -0.137. The molecule has 1 heterocycles. The molecule has 0 radical (unpaired) electrons. The van der Waals surface area contributed by atoms with Crippen molar-refractivity contribution in [1.82, 2.24) is 4.98 Å². The maximum atomic E-state index is 12.5. The summed E-state index contributed by atoms with van der Waals surface area (Å²) in [4.78, 5) is 27.4. The number of pyridine rings is 1. The number of hydrogen-bond acceptors (Lipinski definition) is 4. The molecule has 0 unspecified atom stereocenters. The number of ketones is 1. The van der Waals surface area contributed by atoms with E-state index >= 15 is 0 Å². The lowest BCUT2D eigenvalue weighted by Gasteiger charge is -2.07. The topological polar surface area (TPSA) is 59.1 Å². The fourth-order valence-electron chi connectivity index (χ4n) is 2.05. The molecular formula is C18H17F3N2O2S. The van der Waals surface area contributed by atoms with Crippen LogP contribution >= 0.6 is 11.8 Å². The minimum absolute atomic E-state index is 0.0555. The second kappa shape index (κ2) is 8.84. The third-order valence-electron chi connectivity index (χ3n) is 3.38. The minimum atomic E-state index is -4.43. The number of thioether (sulfide) groups is 1. The van der Waals surface area contributed by atoms with Gasteiger partial charge in [-0.3, -0.25) is 9.59 Å². The molecule has 4 nitrogen and oxygen atoms in total. The number of amides is 1. The number of hydrogen-bond donors (Lipinski definition) is 1. The molecule has 1 aromatic heterocycles. The summed E-state index contributed by atoms with van der Waals surface area (Å²) in [5.74, 6) is -0.210. The summed E-state index contributed by atoms with van der Waals surface area (Å²) in [6.07, 6.45) is -2.50. The van der Waals surface area contributed by atoms with E-state index in [0.717, 1.165) is 30.4 Å². The van der Waals surface area contributed by atoms with Crippen molar-refractivity contribution in [2.45, 2.75) is 31.0 Å². The van der Waals surface area contributed by atoms with Gasteiger partial charge >= 0.3 is 6.18 Å². The van der Waals surface area contributed by atoms with Crippen LogP contribution in [0.25, 0.3) is 0 Å². The highest BCUT2D eigenvalue weighted by molar-refractivity contribution is 7.99. The second-order valence-corrected chi connectivity index (χ2v) is 6.47. The summed E-state index contributed by atoms with van der Waals surface area (Å²) in [5.41, 5.74) is 0.240. The largest absolute Gasteiger partial charge is 0.417 e. The fourth-order valence-corrected chi connectivity index (χ4v) is 2.78. The fraction of sp³-hybridized carbons (Fsp3) is 0.278. The van der Waals surface area contributed by atoms with Gasteiger partial charge in [-0.05, 0) is 42.8 Å². The quantitative estimate of drug-likeness (QED) is 0.551. The molecule has 8 heteroatoms. The Bertz CT molecular complexity index is 760. The number of Topliss-reactive ketones (excluding diaryl/α,β-unsaturated/α-hetero) is 1. The smallest absolute Gasteiger partial charge is 0.326 e. The van der Waals surface area contributed by atoms with Crippen molar-refractivity contribution < 1.29 is 22.8 Å². The Morgan fingerprint density at radius 1 is 1.12 bits per heavy atom. The SMILES string of the molecule is CCCC(=O)Nc1ccc(C(=O)CSc2ccc(C(F)(F)F)cn2)cc1. The first kappa shape index (κ1) is 20.0. The molecule has 0 fully saturated rings. The maximum absolute atomic E-state index is 12.5. The number of benzene rings is 1. The van der Waals surface area contributed by atoms with E-state index in [0.29, 0.717) is 22.7 Å². The lowest BCUT2D eigenvalue weighted by Crippen LogP contribution is -2.11. The van der Waals surface area contributed by atoms with Crippen LogP contribution in [0.1, 0.15) is 35.7 Å². The number of rotatable bonds is 7. The van der Waals surface area contributed by atoms with Gasteiger partial charge in [0.2, 0.25) is 5.91 Å². The molecule has 2 aromatic rings. The molecule has 0 aliphatic rings. The zero-order chi connectivity index (χ0) is 19.2. The van der Waals surface area contributed by atoms with Crippen LogP contribution in [0.5, 0.6) is 0 Å². The summed E-state index contributed by atoms with van der Waals surface area (Å²) >= 11 is 1.07. The molecule has 0 aliphatic carbocycles. The van der Waals surface area contributed by atoms with Crippen molar-refractivity contribution in [2.75, 3.05) is 11.1 Å². The molecule has 2 rings (SSSR count). The maximum Gasteiger partial charge on any atom is 0.417 e. The summed E-state index contributed by atoms with van der Waals surface area (Å²) < 4.78 is 37.4. The van der Waals surface area contributed by atoms with Gasteiger partial charge in [0.25, 0.3) is 0 Å². The first-order valence-corrected chi connectivity index (χ1v) is 8.87. The number of halogens is 3. The Balaban J connectivity index is 1.90. The van der Waals surface area contributed by atoms with Gasteiger partial charge in [-0.25, -0.2) is 4.98 Å². The first-order valence-electron chi connectivity index (χ1n) is 7.88. The highest BCUT2D eigenvalue weighted by Gasteiger charge is 2.30. The number of nitrogens with one attached hydrogen (secondary N) is 1. The van der Waals surface area contributed by atoms with Gasteiger partial charge in [-0.1, -0.05) is 18.7 Å². The third kappa shape index (κ3) is 5.87. The Kier molecular flexibility index (Phi) is 6.79. The van der Waals surface area contributed by atoms with E-state index in [1.54, 1.807) is 24.3 Å². The number of alkyl halides is 3. The number of carbonyl (C=O) groups excluding carboxylic acids is 2. The molecule has 1 N–H and O–H groups in total. The minimum Gasteiger partial charge on any atom is -0.326 e. The third-order valence-corrected chi connectivity index (χ3v) is 4.33. The van der Waals surface area contributed by atoms with Gasteiger partial charge in [0, 0.05) is 23.9 Å². The highest BCUT2D eigenvalue weighted by atomic mass is 32.2. The molecule has 0 saturated heterocycles. The number of nitrogens with zero attached hydrogens (tertiary/aromatic N) is 1. The van der Waals surface area contributed by atoms with Crippen molar-refractivity contribution in [3.05, 3.63) is 53.7 Å². The van der Waals surface area contributed by atoms with Crippen molar-refractivity contribution in [2.24, 2.45) is 0 Å². The standard InChI is InChI=1S/C18H17F3N2O2S/c1-2-3-16(25)23-14-7-4-12(5-8-14)15(24)11-26-17-9-6-13(10-22-17)18(19,20)21/h4-10H,2-3,11H2,1H3,(H,23,25). The van der Waals surface area contributed by atoms with E-state index in [4.69, 9.17) is 0 Å². The summed E-state index contributed by atoms with van der Waals surface area (Å²) in [6.45, 7) is 1.91. The Morgan fingerprint density at radius 2 is 1.81 bits per heavy atom. The second-order valence-electron chi connectivity index (χ2n) is 5.47. The number of aromatic nitrogens is 1. The molecular weight excluding hydrogens is 365 g/mol. The Morgan fingerprint density at radius 3 is 2.35 bits per heavy atom. The number of anilines is 1. The van der Waals surface area contributed by atoms with E-state index in [1.165, 1.54) is 6.07 Å². The van der Waals surface area contributed by atoms with Crippen LogP contribution in [0.2, 0.25) is 0 Å². The van der Waals surface area contributed by atoms with E-state index in [9.17, 15) is 22.8 Å². The van der Waals surface area contributed by atoms with Crippen LogP contribution in [0.4, 0.5) is 18.9 Å². The molecule has 0 spiro atoms. The Hall–Kier alpha value is -2.35. The zero-order valence-corrected chi connectivity index (χ0v) is 14.8. The highest BCUT2D eigenvalue weighted by Crippen LogP contribution is 2.29. The normalized spacial score (nSPS) is 11.2. The molecule has 1 amide bonds. The average molecular weight is 382 g/mol. The predicted molar refractivity (Wildman–Crippen MR) is 94.3 cm³/mol. The van der Waals surface area contributed by atoms with E-state index in [2.05, 4.69) is 10.3 Å². The predicted octanol–water partition coefficient (Wildman–Crippen LogP) is 4.81. The van der Waals surface area contributed by atoms with Crippen molar-refractivity contribution in [3.63, 3.8) is 0 Å². The average Bonchev–Trinajstić information content (AvgIpc) is 2.60. The summed E-state index contributed by atoms with van der Waals surface area (Å²) in [6, 6.07) is 8.67. The van der Waals surface area contributed by atoms with Crippen LogP contribution in [-0.2, 0) is 11.0 Å². The van der Waals surface area contributed by atoms with Crippen molar-refractivity contribution >= 4 is 29.1 Å². The van der Waals surface area contributed by atoms with Gasteiger partial charge in [0.1, 0.15) is 0 Å². The number of carbonyl (C=O) groups is 2. The van der Waals surface area contributed by atoms with Gasteiger partial charge in [-0.2, -0.15) is 13.2 Å². The van der Waals surface area contributed by atoms with Crippen LogP contribution in [0.3, 0.4) is 0 Å².